The van der Waals surface area contributed by atoms with Gasteiger partial charge in [0.1, 0.15) is 11.5 Å². The molecule has 19 heavy (non-hydrogen) atoms. The lowest BCUT2D eigenvalue weighted by molar-refractivity contribution is 0.187. The molecular formula is C10H9N5O4. The minimum absolute atomic E-state index is 0.00210. The van der Waals surface area contributed by atoms with E-state index in [1.165, 1.54) is 19.2 Å². The summed E-state index contributed by atoms with van der Waals surface area (Å²) in [4.78, 5) is 45.1. The van der Waals surface area contributed by atoms with E-state index < -0.39 is 17.5 Å². The minimum atomic E-state index is -0.785. The molecule has 0 unspecified atom stereocenters. The van der Waals surface area contributed by atoms with Crippen LogP contribution in [0.1, 0.15) is 0 Å². The standard InChI is InChI=1S/C10H9N5O4/c1-19-10(18)12-6-4-2-3-5(11-6)7-13-8(16)15-9(17)14-7/h2-4H,1H3,(H,11,12,18)(H2,13,14,15,16,17). The van der Waals surface area contributed by atoms with Gasteiger partial charge < -0.3 is 4.74 Å². The number of pyridine rings is 1. The molecule has 0 bridgehead atoms. The van der Waals surface area contributed by atoms with E-state index in [-0.39, 0.29) is 17.3 Å². The number of H-pyrrole nitrogens is 2. The first kappa shape index (κ1) is 12.5. The van der Waals surface area contributed by atoms with Crippen molar-refractivity contribution in [3.05, 3.63) is 39.2 Å². The lowest BCUT2D eigenvalue weighted by Crippen LogP contribution is -2.25. The molecule has 2 aromatic rings. The van der Waals surface area contributed by atoms with Crippen molar-refractivity contribution in [3.63, 3.8) is 0 Å². The van der Waals surface area contributed by atoms with Crippen LogP contribution in [-0.4, -0.2) is 33.1 Å². The smallest absolute Gasteiger partial charge is 0.412 e. The number of hydrogen-bond donors (Lipinski definition) is 3. The average molecular weight is 263 g/mol. The fourth-order valence-electron chi connectivity index (χ4n) is 1.31. The van der Waals surface area contributed by atoms with E-state index in [9.17, 15) is 14.4 Å². The van der Waals surface area contributed by atoms with E-state index in [1.807, 2.05) is 4.98 Å². The van der Waals surface area contributed by atoms with Gasteiger partial charge in [0.15, 0.2) is 5.82 Å². The van der Waals surface area contributed by atoms with Gasteiger partial charge in [-0.25, -0.2) is 19.4 Å². The molecule has 0 fully saturated rings. The highest BCUT2D eigenvalue weighted by molar-refractivity contribution is 5.83. The Hall–Kier alpha value is -2.97. The average Bonchev–Trinajstić information content (AvgIpc) is 2.38. The van der Waals surface area contributed by atoms with Gasteiger partial charge in [-0.1, -0.05) is 6.07 Å². The SMILES string of the molecule is COC(=O)Nc1cccc(-c2nc(=O)[nH]c(=O)[nH]2)n1. The fourth-order valence-corrected chi connectivity index (χ4v) is 1.31. The van der Waals surface area contributed by atoms with Crippen LogP contribution in [0.15, 0.2) is 27.8 Å². The van der Waals surface area contributed by atoms with E-state index in [1.54, 1.807) is 6.07 Å². The third kappa shape index (κ3) is 3.03. The molecule has 2 heterocycles. The molecule has 0 spiro atoms. The zero-order valence-corrected chi connectivity index (χ0v) is 9.76. The van der Waals surface area contributed by atoms with Crippen LogP contribution in [0.3, 0.4) is 0 Å². The number of carbonyl (C=O) groups excluding carboxylic acids is 1. The van der Waals surface area contributed by atoms with Gasteiger partial charge in [-0.05, 0) is 12.1 Å². The van der Waals surface area contributed by atoms with Crippen molar-refractivity contribution in [1.82, 2.24) is 19.9 Å². The van der Waals surface area contributed by atoms with E-state index >= 15 is 0 Å². The topological polar surface area (TPSA) is 130 Å². The Morgan fingerprint density at radius 2 is 2.05 bits per heavy atom. The Morgan fingerprint density at radius 1 is 1.26 bits per heavy atom. The molecule has 98 valence electrons. The molecule has 0 aromatic carbocycles. The summed E-state index contributed by atoms with van der Waals surface area (Å²) in [6, 6.07) is 4.63. The number of aromatic nitrogens is 4. The molecule has 0 saturated carbocycles. The number of hydrogen-bond acceptors (Lipinski definition) is 6. The zero-order chi connectivity index (χ0) is 13.8. The molecule has 9 nitrogen and oxygen atoms in total. The van der Waals surface area contributed by atoms with Gasteiger partial charge in [-0.3, -0.25) is 15.3 Å². The van der Waals surface area contributed by atoms with Crippen molar-refractivity contribution >= 4 is 11.9 Å². The summed E-state index contributed by atoms with van der Waals surface area (Å²) in [6.07, 6.45) is -0.683. The first-order valence-electron chi connectivity index (χ1n) is 5.11. The summed E-state index contributed by atoms with van der Waals surface area (Å²) in [5.74, 6) is 0.203. The summed E-state index contributed by atoms with van der Waals surface area (Å²) >= 11 is 0. The van der Waals surface area contributed by atoms with Gasteiger partial charge in [0.2, 0.25) is 0 Å². The van der Waals surface area contributed by atoms with Crippen LogP contribution >= 0.6 is 0 Å². The van der Waals surface area contributed by atoms with Crippen LogP contribution in [0, 0.1) is 0 Å². The Bertz CT molecular complexity index is 692. The predicted molar refractivity (Wildman–Crippen MR) is 64.7 cm³/mol. The van der Waals surface area contributed by atoms with Crippen LogP contribution in [0.25, 0.3) is 11.5 Å². The van der Waals surface area contributed by atoms with Gasteiger partial charge in [-0.2, -0.15) is 4.98 Å². The fraction of sp³-hybridized carbons (Fsp3) is 0.100. The second-order valence-electron chi connectivity index (χ2n) is 3.37. The lowest BCUT2D eigenvalue weighted by Gasteiger charge is -2.04. The first-order valence-corrected chi connectivity index (χ1v) is 5.11. The summed E-state index contributed by atoms with van der Waals surface area (Å²) in [6.45, 7) is 0. The predicted octanol–water partition coefficient (Wildman–Crippen LogP) is -0.302. The summed E-state index contributed by atoms with van der Waals surface area (Å²) in [5.41, 5.74) is -1.24. The molecule has 0 radical (unpaired) electrons. The van der Waals surface area contributed by atoms with Crippen molar-refractivity contribution in [2.24, 2.45) is 0 Å². The lowest BCUT2D eigenvalue weighted by atomic mass is 10.3. The molecule has 2 rings (SSSR count). The Balaban J connectivity index is 2.40. The molecule has 0 aliphatic rings. The van der Waals surface area contributed by atoms with E-state index in [2.05, 4.69) is 25.0 Å². The molecule has 2 aromatic heterocycles. The monoisotopic (exact) mass is 263 g/mol. The highest BCUT2D eigenvalue weighted by Crippen LogP contribution is 2.12. The van der Waals surface area contributed by atoms with Crippen LogP contribution < -0.4 is 16.7 Å². The molecule has 0 aliphatic heterocycles. The highest BCUT2D eigenvalue weighted by Gasteiger charge is 2.07. The highest BCUT2D eigenvalue weighted by atomic mass is 16.5. The van der Waals surface area contributed by atoms with Crippen LogP contribution in [0.2, 0.25) is 0 Å². The maximum Gasteiger partial charge on any atom is 0.412 e. The van der Waals surface area contributed by atoms with Crippen LogP contribution in [0.4, 0.5) is 10.6 Å². The maximum absolute atomic E-state index is 11.1. The zero-order valence-electron chi connectivity index (χ0n) is 9.76. The Kier molecular flexibility index (Phi) is 3.37. The number of nitrogens with one attached hydrogen (secondary N) is 3. The van der Waals surface area contributed by atoms with Crippen molar-refractivity contribution in [1.29, 1.82) is 0 Å². The number of ether oxygens (including phenoxy) is 1. The van der Waals surface area contributed by atoms with Gasteiger partial charge in [0.25, 0.3) is 0 Å². The number of amides is 1. The van der Waals surface area contributed by atoms with Crippen molar-refractivity contribution in [2.75, 3.05) is 12.4 Å². The normalized spacial score (nSPS) is 9.95. The van der Waals surface area contributed by atoms with E-state index in [0.29, 0.717) is 0 Å². The molecule has 0 aliphatic carbocycles. The summed E-state index contributed by atoms with van der Waals surface area (Å²) in [5, 5.41) is 2.35. The van der Waals surface area contributed by atoms with Gasteiger partial charge in [0, 0.05) is 0 Å². The Labute approximate surface area is 105 Å². The van der Waals surface area contributed by atoms with E-state index in [4.69, 9.17) is 0 Å². The quantitative estimate of drug-likeness (QED) is 0.681. The van der Waals surface area contributed by atoms with Crippen LogP contribution in [0.5, 0.6) is 0 Å². The summed E-state index contributed by atoms with van der Waals surface area (Å²) < 4.78 is 4.42. The van der Waals surface area contributed by atoms with Crippen molar-refractivity contribution < 1.29 is 9.53 Å². The molecular weight excluding hydrogens is 254 g/mol. The third-order valence-electron chi connectivity index (χ3n) is 2.07. The van der Waals surface area contributed by atoms with E-state index in [0.717, 1.165) is 0 Å². The molecule has 0 atom stereocenters. The number of rotatable bonds is 2. The van der Waals surface area contributed by atoms with Gasteiger partial charge >= 0.3 is 17.5 Å². The number of nitrogens with zero attached hydrogens (tertiary/aromatic N) is 2. The van der Waals surface area contributed by atoms with Gasteiger partial charge in [0.05, 0.1) is 7.11 Å². The Morgan fingerprint density at radius 3 is 2.74 bits per heavy atom. The van der Waals surface area contributed by atoms with Crippen LogP contribution in [-0.2, 0) is 4.74 Å². The molecule has 1 amide bonds. The minimum Gasteiger partial charge on any atom is -0.453 e. The summed E-state index contributed by atoms with van der Waals surface area (Å²) in [7, 11) is 1.22. The first-order chi connectivity index (χ1) is 9.08. The molecule has 9 heteroatoms. The number of aromatic amines is 2. The number of methoxy groups -OCH3 is 1. The largest absolute Gasteiger partial charge is 0.453 e. The number of anilines is 1. The third-order valence-corrected chi connectivity index (χ3v) is 2.07. The molecule has 3 N–H and O–H groups in total. The van der Waals surface area contributed by atoms with Gasteiger partial charge in [-0.15, -0.1) is 0 Å². The maximum atomic E-state index is 11.1. The second kappa shape index (κ2) is 5.12. The second-order valence-corrected chi connectivity index (χ2v) is 3.37. The van der Waals surface area contributed by atoms with Crippen molar-refractivity contribution in [3.8, 4) is 11.5 Å². The molecule has 0 saturated heterocycles. The number of carbonyl (C=O) groups is 1. The van der Waals surface area contributed by atoms with Crippen molar-refractivity contribution in [2.45, 2.75) is 0 Å².